The first-order valence-electron chi connectivity index (χ1n) is 28.3. The molecule has 4 aromatic carbocycles. The Kier molecular flexibility index (Phi) is 21.3. The van der Waals surface area contributed by atoms with Crippen molar-refractivity contribution in [2.45, 2.75) is 236 Å². The normalized spacial score (nSPS) is 20.6. The minimum atomic E-state index is -3.62. The molecule has 430 valence electrons. The molecule has 0 aliphatic carbocycles. The van der Waals surface area contributed by atoms with Crippen molar-refractivity contribution in [1.82, 2.24) is 0 Å². The summed E-state index contributed by atoms with van der Waals surface area (Å²) < 4.78 is 81.3. The van der Waals surface area contributed by atoms with Crippen LogP contribution in [0.4, 0.5) is 0 Å². The fraction of sp³-hybridized carbons (Fsp3) is 0.613. The second kappa shape index (κ2) is 25.0. The zero-order chi connectivity index (χ0) is 57.7. The first kappa shape index (κ1) is 65.4. The van der Waals surface area contributed by atoms with Crippen LogP contribution < -0.4 is 10.4 Å². The van der Waals surface area contributed by atoms with Gasteiger partial charge in [0, 0.05) is 19.4 Å². The van der Waals surface area contributed by atoms with Crippen LogP contribution in [0, 0.1) is 0 Å². The summed E-state index contributed by atoms with van der Waals surface area (Å²) in [5.74, 6) is -0.0668. The highest BCUT2D eigenvalue weighted by Gasteiger charge is 2.59. The van der Waals surface area contributed by atoms with Gasteiger partial charge in [-0.25, -0.2) is 8.42 Å². The third-order valence-corrected chi connectivity index (χ3v) is 34.2. The van der Waals surface area contributed by atoms with Gasteiger partial charge in [-0.3, -0.25) is 0 Å². The Hall–Kier alpha value is -2.37. The van der Waals surface area contributed by atoms with Crippen molar-refractivity contribution in [3.05, 3.63) is 127 Å². The molecule has 1 heterocycles. The van der Waals surface area contributed by atoms with Crippen LogP contribution in [0.5, 0.6) is 0 Å². The molecule has 5 rings (SSSR count). The SMILES string of the molecule is CC(C)(C)[Si](C)(C)O[C@@H](CCO[Si](c1ccccc1)(c1ccccc1)C(C)(C)C)[C@H](OCc1ccccc1)[C@]1(C)C[C@@H](O[Si](C)(C)C(C)(C)C)[C@@H]([C@@H](C[C@](C)(CCS(=O)(=O)c2ccccc2)O[Si](C)(C)C)O[Si](C)(C)C)O1. The quantitative estimate of drug-likeness (QED) is 0.0569. The number of ether oxygens (including phenoxy) is 2. The Morgan fingerprint density at radius 2 is 1.10 bits per heavy atom. The van der Waals surface area contributed by atoms with Crippen molar-refractivity contribution < 1.29 is 40.0 Å². The van der Waals surface area contributed by atoms with Gasteiger partial charge in [0.2, 0.25) is 0 Å². The summed E-state index contributed by atoms with van der Waals surface area (Å²) in [4.78, 5) is 0.316. The second-order valence-electron chi connectivity index (χ2n) is 28.5. The summed E-state index contributed by atoms with van der Waals surface area (Å²) in [7, 11) is -16.2. The zero-order valence-corrected chi connectivity index (χ0v) is 57.3. The smallest absolute Gasteiger partial charge is 0.261 e. The fourth-order valence-corrected chi connectivity index (χ4v) is 22.2. The van der Waals surface area contributed by atoms with Crippen LogP contribution in [0.25, 0.3) is 0 Å². The molecule has 77 heavy (non-hydrogen) atoms. The molecule has 0 bridgehead atoms. The second-order valence-corrected chi connectivity index (χ2v) is 53.3. The number of sulfone groups is 1. The predicted octanol–water partition coefficient (Wildman–Crippen LogP) is 15.0. The van der Waals surface area contributed by atoms with E-state index in [1.165, 1.54) is 10.4 Å². The van der Waals surface area contributed by atoms with E-state index in [-0.39, 0.29) is 27.3 Å². The van der Waals surface area contributed by atoms with Gasteiger partial charge in [0.25, 0.3) is 8.32 Å². The van der Waals surface area contributed by atoms with E-state index in [4.69, 9.17) is 31.6 Å². The summed E-state index contributed by atoms with van der Waals surface area (Å²) in [5.41, 5.74) is -0.773. The average molecular weight is 1160 g/mol. The molecule has 15 heteroatoms. The molecule has 1 saturated heterocycles. The lowest BCUT2D eigenvalue weighted by molar-refractivity contribution is -0.186. The van der Waals surface area contributed by atoms with Crippen LogP contribution in [0.2, 0.25) is 80.6 Å². The summed E-state index contributed by atoms with van der Waals surface area (Å²) in [6, 6.07) is 40.8. The van der Waals surface area contributed by atoms with Crippen molar-refractivity contribution in [2.75, 3.05) is 12.4 Å². The van der Waals surface area contributed by atoms with E-state index >= 15 is 0 Å². The number of rotatable bonds is 26. The summed E-state index contributed by atoms with van der Waals surface area (Å²) in [5, 5.41) is 2.01. The van der Waals surface area contributed by atoms with Crippen molar-refractivity contribution in [3.8, 4) is 0 Å². The van der Waals surface area contributed by atoms with Crippen LogP contribution in [0.15, 0.2) is 126 Å². The molecule has 4 aromatic rings. The third kappa shape index (κ3) is 17.3. The monoisotopic (exact) mass is 1160 g/mol. The standard InChI is InChI=1S/C62H102O9SSi5/c1-58(2,3)75(18,19)69-53(42-44-66-77(60(7,8)9,51-38-30-24-31-39-51)52-40-32-25-33-41-52)57(65-48-49-34-26-22-27-35-49)62(11)47-55(70-76(20,21)59(4,5)6)56(67-62)54(68-73(12,13)14)46-61(10,71-74(15,16)17)43-45-72(63,64)50-36-28-23-29-37-50/h22-41,53-57H,42-48H2,1-21H3/t53-,54+,55+,56+,57-,61-,62-/m0/s1. The maximum absolute atomic E-state index is 14.1. The molecule has 1 aliphatic rings. The van der Waals surface area contributed by atoms with Gasteiger partial charge in [-0.15, -0.1) is 0 Å². The highest BCUT2D eigenvalue weighted by molar-refractivity contribution is 7.91. The van der Waals surface area contributed by atoms with Crippen LogP contribution in [0.3, 0.4) is 0 Å². The van der Waals surface area contributed by atoms with Crippen molar-refractivity contribution in [1.29, 1.82) is 0 Å². The van der Waals surface area contributed by atoms with Crippen molar-refractivity contribution >= 4 is 61.8 Å². The van der Waals surface area contributed by atoms with Crippen molar-refractivity contribution in [2.24, 2.45) is 0 Å². The Morgan fingerprint density at radius 3 is 1.56 bits per heavy atom. The van der Waals surface area contributed by atoms with Gasteiger partial charge in [-0.05, 0) is 135 Å². The Morgan fingerprint density at radius 1 is 0.623 bits per heavy atom. The Bertz CT molecular complexity index is 2510. The minimum absolute atomic E-state index is 0.0668. The molecule has 0 amide bonds. The topological polar surface area (TPSA) is 98.8 Å². The van der Waals surface area contributed by atoms with Gasteiger partial charge >= 0.3 is 0 Å². The molecular formula is C62H102O9SSi5. The maximum atomic E-state index is 14.1. The van der Waals surface area contributed by atoms with E-state index in [9.17, 15) is 8.42 Å². The zero-order valence-electron chi connectivity index (χ0n) is 51.5. The Labute approximate surface area is 473 Å². The predicted molar refractivity (Wildman–Crippen MR) is 334 cm³/mol. The first-order chi connectivity index (χ1) is 35.2. The Balaban J connectivity index is 1.70. The summed E-state index contributed by atoms with van der Waals surface area (Å²) in [6.45, 7) is 48.3. The van der Waals surface area contributed by atoms with E-state index in [2.05, 4.69) is 227 Å². The van der Waals surface area contributed by atoms with Crippen LogP contribution in [-0.2, 0) is 48.0 Å². The van der Waals surface area contributed by atoms with E-state index in [1.807, 2.05) is 12.1 Å². The lowest BCUT2D eigenvalue weighted by atomic mass is 9.88. The van der Waals surface area contributed by atoms with E-state index in [0.717, 1.165) is 5.56 Å². The highest BCUT2D eigenvalue weighted by Crippen LogP contribution is 2.48. The molecular weight excluding hydrogens is 1060 g/mol. The fourth-order valence-electron chi connectivity index (χ4n) is 10.6. The van der Waals surface area contributed by atoms with Crippen molar-refractivity contribution in [3.63, 3.8) is 0 Å². The van der Waals surface area contributed by atoms with Gasteiger partial charge in [0.15, 0.2) is 43.1 Å². The molecule has 1 aliphatic heterocycles. The first-order valence-corrected chi connectivity index (χ1v) is 44.5. The number of hydrogen-bond donors (Lipinski definition) is 0. The van der Waals surface area contributed by atoms with E-state index in [1.54, 1.807) is 24.3 Å². The molecule has 0 unspecified atom stereocenters. The van der Waals surface area contributed by atoms with E-state index in [0.29, 0.717) is 37.4 Å². The highest BCUT2D eigenvalue weighted by atomic mass is 32.2. The number of hydrogen-bond acceptors (Lipinski definition) is 9. The molecule has 0 N–H and O–H groups in total. The number of benzene rings is 4. The summed E-state index contributed by atoms with van der Waals surface area (Å²) >= 11 is 0. The average Bonchev–Trinajstić information content (AvgIpc) is 3.64. The summed E-state index contributed by atoms with van der Waals surface area (Å²) in [6.07, 6.45) is -0.705. The van der Waals surface area contributed by atoms with Gasteiger partial charge in [-0.2, -0.15) is 0 Å². The molecule has 9 nitrogen and oxygen atoms in total. The largest absolute Gasteiger partial charge is 0.412 e. The minimum Gasteiger partial charge on any atom is -0.412 e. The maximum Gasteiger partial charge on any atom is 0.261 e. The molecule has 0 saturated carbocycles. The van der Waals surface area contributed by atoms with E-state index < -0.39 is 93.1 Å². The van der Waals surface area contributed by atoms with Gasteiger partial charge in [0.1, 0.15) is 12.2 Å². The molecule has 0 aromatic heterocycles. The van der Waals surface area contributed by atoms with Gasteiger partial charge in [-0.1, -0.05) is 172 Å². The molecule has 1 fully saturated rings. The lowest BCUT2D eigenvalue weighted by Gasteiger charge is -2.46. The lowest BCUT2D eigenvalue weighted by Crippen LogP contribution is -2.66. The van der Waals surface area contributed by atoms with Gasteiger partial charge < -0.3 is 31.6 Å². The molecule has 0 spiro atoms. The van der Waals surface area contributed by atoms with Crippen LogP contribution >= 0.6 is 0 Å². The van der Waals surface area contributed by atoms with Gasteiger partial charge in [0.05, 0.1) is 46.8 Å². The van der Waals surface area contributed by atoms with Crippen LogP contribution in [0.1, 0.15) is 107 Å². The van der Waals surface area contributed by atoms with Crippen LogP contribution in [-0.4, -0.2) is 104 Å². The molecule has 7 atom stereocenters. The molecule has 0 radical (unpaired) electrons. The third-order valence-electron chi connectivity index (χ3n) is 16.3.